The van der Waals surface area contributed by atoms with Gasteiger partial charge in [0.2, 0.25) is 0 Å². The van der Waals surface area contributed by atoms with E-state index in [0.29, 0.717) is 6.61 Å². The summed E-state index contributed by atoms with van der Waals surface area (Å²) in [5, 5.41) is 8.46. The van der Waals surface area contributed by atoms with E-state index in [4.69, 9.17) is 10.00 Å². The van der Waals surface area contributed by atoms with Gasteiger partial charge in [-0.15, -0.1) is 11.3 Å². The summed E-state index contributed by atoms with van der Waals surface area (Å²) in [7, 11) is 0. The normalized spacial score (nSPS) is 12.4. The molecule has 0 saturated carbocycles. The first-order valence-electron chi connectivity index (χ1n) is 4.14. The van der Waals surface area contributed by atoms with Crippen LogP contribution in [0.1, 0.15) is 17.5 Å². The van der Waals surface area contributed by atoms with Crippen molar-refractivity contribution in [1.29, 1.82) is 5.26 Å². The largest absolute Gasteiger partial charge is 0.363 e. The molecule has 1 aromatic heterocycles. The molecule has 0 radical (unpaired) electrons. The maximum Gasteiger partial charge on any atom is 0.141 e. The number of rotatable bonds is 4. The second-order valence-electron chi connectivity index (χ2n) is 2.75. The molecule has 70 valence electrons. The quantitative estimate of drug-likeness (QED) is 0.739. The van der Waals surface area contributed by atoms with E-state index in [0.717, 1.165) is 12.1 Å². The summed E-state index contributed by atoms with van der Waals surface area (Å²) >= 11 is 1.63. The minimum absolute atomic E-state index is 0.312. The van der Waals surface area contributed by atoms with Gasteiger partial charge in [0.25, 0.3) is 0 Å². The Hall–Kier alpha value is -0.920. The zero-order valence-electron chi connectivity index (χ0n) is 7.78. The van der Waals surface area contributed by atoms with Crippen molar-refractivity contribution < 1.29 is 4.74 Å². The molecule has 1 atom stereocenters. The molecule has 1 rings (SSSR count). The standard InChI is InChI=1S/C9H12N2OS/c1-7(5-10)12-4-3-9-8(2)11-6-13-9/h6-7H,3-4H2,1-2H3. The summed E-state index contributed by atoms with van der Waals surface area (Å²) in [4.78, 5) is 5.37. The Kier molecular flexibility index (Phi) is 3.87. The van der Waals surface area contributed by atoms with Crippen molar-refractivity contribution >= 4 is 11.3 Å². The van der Waals surface area contributed by atoms with Crippen molar-refractivity contribution in [2.24, 2.45) is 0 Å². The van der Waals surface area contributed by atoms with Crippen LogP contribution in [0.4, 0.5) is 0 Å². The molecule has 0 saturated heterocycles. The molecule has 0 aliphatic heterocycles. The number of hydrogen-bond donors (Lipinski definition) is 0. The molecule has 0 amide bonds. The Labute approximate surface area is 82.0 Å². The first kappa shape index (κ1) is 10.2. The Balaban J connectivity index is 2.29. The minimum atomic E-state index is -0.312. The van der Waals surface area contributed by atoms with Gasteiger partial charge in [0.15, 0.2) is 0 Å². The number of aromatic nitrogens is 1. The first-order chi connectivity index (χ1) is 6.24. The third-order valence-electron chi connectivity index (χ3n) is 1.72. The van der Waals surface area contributed by atoms with Gasteiger partial charge in [0.05, 0.1) is 23.9 Å². The number of hydrogen-bond acceptors (Lipinski definition) is 4. The van der Waals surface area contributed by atoms with Gasteiger partial charge in [-0.25, -0.2) is 4.98 Å². The zero-order chi connectivity index (χ0) is 9.68. The van der Waals surface area contributed by atoms with Gasteiger partial charge in [-0.05, 0) is 13.8 Å². The van der Waals surface area contributed by atoms with Crippen molar-refractivity contribution in [3.05, 3.63) is 16.1 Å². The summed E-state index contributed by atoms with van der Waals surface area (Å²) in [6.07, 6.45) is 0.538. The number of ether oxygens (including phenoxy) is 1. The highest BCUT2D eigenvalue weighted by Crippen LogP contribution is 2.12. The fourth-order valence-corrected chi connectivity index (χ4v) is 1.69. The Morgan fingerprint density at radius 3 is 3.08 bits per heavy atom. The maximum atomic E-state index is 8.46. The monoisotopic (exact) mass is 196 g/mol. The third kappa shape index (κ3) is 3.13. The first-order valence-corrected chi connectivity index (χ1v) is 5.02. The molecule has 1 aromatic rings. The van der Waals surface area contributed by atoms with Crippen LogP contribution in [0.15, 0.2) is 5.51 Å². The lowest BCUT2D eigenvalue weighted by Gasteiger charge is -2.03. The van der Waals surface area contributed by atoms with Gasteiger partial charge >= 0.3 is 0 Å². The minimum Gasteiger partial charge on any atom is -0.363 e. The molecule has 1 heterocycles. The van der Waals surface area contributed by atoms with Crippen LogP contribution >= 0.6 is 11.3 Å². The number of thiazole rings is 1. The van der Waals surface area contributed by atoms with Crippen molar-refractivity contribution in [3.63, 3.8) is 0 Å². The molecule has 0 aliphatic rings. The Bertz CT molecular complexity index is 303. The predicted molar refractivity (Wildman–Crippen MR) is 51.6 cm³/mol. The third-order valence-corrected chi connectivity index (χ3v) is 2.72. The highest BCUT2D eigenvalue weighted by molar-refractivity contribution is 7.09. The lowest BCUT2D eigenvalue weighted by atomic mass is 10.3. The summed E-state index contributed by atoms with van der Waals surface area (Å²) in [5.74, 6) is 0. The van der Waals surface area contributed by atoms with E-state index in [1.807, 2.05) is 18.5 Å². The molecule has 13 heavy (non-hydrogen) atoms. The van der Waals surface area contributed by atoms with Crippen LogP contribution in [0.2, 0.25) is 0 Å². The molecule has 0 N–H and O–H groups in total. The predicted octanol–water partition coefficient (Wildman–Crippen LogP) is 1.92. The highest BCUT2D eigenvalue weighted by Gasteiger charge is 2.03. The molecule has 1 unspecified atom stereocenters. The average Bonchev–Trinajstić information content (AvgIpc) is 2.52. The second kappa shape index (κ2) is 4.95. The molecular weight excluding hydrogens is 184 g/mol. The molecule has 0 aliphatic carbocycles. The van der Waals surface area contributed by atoms with Crippen LogP contribution in [0.3, 0.4) is 0 Å². The highest BCUT2D eigenvalue weighted by atomic mass is 32.1. The molecule has 0 fully saturated rings. The van der Waals surface area contributed by atoms with Gasteiger partial charge in [-0.3, -0.25) is 0 Å². The lowest BCUT2D eigenvalue weighted by molar-refractivity contribution is 0.105. The van der Waals surface area contributed by atoms with Crippen molar-refractivity contribution in [1.82, 2.24) is 4.98 Å². The SMILES string of the molecule is Cc1ncsc1CCOC(C)C#N. The topological polar surface area (TPSA) is 45.9 Å². The van der Waals surface area contributed by atoms with Crippen molar-refractivity contribution in [2.45, 2.75) is 26.4 Å². The van der Waals surface area contributed by atoms with Crippen molar-refractivity contribution in [2.75, 3.05) is 6.61 Å². The van der Waals surface area contributed by atoms with Crippen LogP contribution in [0, 0.1) is 18.3 Å². The molecule has 4 heteroatoms. The van der Waals surface area contributed by atoms with Gasteiger partial charge in [-0.2, -0.15) is 5.26 Å². The zero-order valence-corrected chi connectivity index (χ0v) is 8.60. The van der Waals surface area contributed by atoms with Crippen LogP contribution in [-0.4, -0.2) is 17.7 Å². The fourth-order valence-electron chi connectivity index (χ4n) is 0.932. The molecule has 0 bridgehead atoms. The number of nitriles is 1. The summed E-state index contributed by atoms with van der Waals surface area (Å²) in [5.41, 5.74) is 2.90. The second-order valence-corrected chi connectivity index (χ2v) is 3.69. The summed E-state index contributed by atoms with van der Waals surface area (Å²) in [6.45, 7) is 4.33. The van der Waals surface area contributed by atoms with Gasteiger partial charge in [0.1, 0.15) is 6.10 Å². The maximum absolute atomic E-state index is 8.46. The lowest BCUT2D eigenvalue weighted by Crippen LogP contribution is -2.07. The molecular formula is C9H12N2OS. The molecule has 3 nitrogen and oxygen atoms in total. The van der Waals surface area contributed by atoms with Gasteiger partial charge < -0.3 is 4.74 Å². The van der Waals surface area contributed by atoms with Gasteiger partial charge in [-0.1, -0.05) is 0 Å². The van der Waals surface area contributed by atoms with E-state index in [-0.39, 0.29) is 6.10 Å². The Morgan fingerprint density at radius 2 is 2.54 bits per heavy atom. The van der Waals surface area contributed by atoms with Crippen LogP contribution in [0.5, 0.6) is 0 Å². The number of nitrogens with zero attached hydrogens (tertiary/aromatic N) is 2. The molecule has 0 spiro atoms. The van der Waals surface area contributed by atoms with E-state index >= 15 is 0 Å². The van der Waals surface area contributed by atoms with E-state index in [9.17, 15) is 0 Å². The molecule has 0 aromatic carbocycles. The van der Waals surface area contributed by atoms with Crippen LogP contribution < -0.4 is 0 Å². The van der Waals surface area contributed by atoms with Crippen molar-refractivity contribution in [3.8, 4) is 6.07 Å². The van der Waals surface area contributed by atoms with E-state index in [2.05, 4.69) is 4.98 Å². The smallest absolute Gasteiger partial charge is 0.141 e. The van der Waals surface area contributed by atoms with Crippen LogP contribution in [0.25, 0.3) is 0 Å². The summed E-state index contributed by atoms with van der Waals surface area (Å²) in [6, 6.07) is 2.03. The van der Waals surface area contributed by atoms with E-state index in [1.54, 1.807) is 18.3 Å². The van der Waals surface area contributed by atoms with Gasteiger partial charge in [0, 0.05) is 11.3 Å². The summed E-state index contributed by atoms with van der Waals surface area (Å²) < 4.78 is 5.24. The van der Waals surface area contributed by atoms with Crippen LogP contribution in [-0.2, 0) is 11.2 Å². The van der Waals surface area contributed by atoms with E-state index in [1.165, 1.54) is 4.88 Å². The van der Waals surface area contributed by atoms with E-state index < -0.39 is 0 Å². The Morgan fingerprint density at radius 1 is 1.77 bits per heavy atom. The average molecular weight is 196 g/mol. The fraction of sp³-hybridized carbons (Fsp3) is 0.556. The number of aryl methyl sites for hydroxylation is 1.